The van der Waals surface area contributed by atoms with Crippen molar-refractivity contribution >= 4 is 0 Å². The van der Waals surface area contributed by atoms with Gasteiger partial charge in [0.15, 0.2) is 0 Å². The van der Waals surface area contributed by atoms with E-state index in [0.29, 0.717) is 5.56 Å². The van der Waals surface area contributed by atoms with Crippen LogP contribution in [0.5, 0.6) is 5.75 Å². The van der Waals surface area contributed by atoms with Crippen molar-refractivity contribution in [1.29, 1.82) is 0 Å². The normalized spacial score (nSPS) is 11.3. The number of benzene rings is 2. The predicted octanol–water partition coefficient (Wildman–Crippen LogP) is 4.56. The lowest BCUT2D eigenvalue weighted by atomic mass is 10.0. The summed E-state index contributed by atoms with van der Waals surface area (Å²) in [5, 5.41) is 0. The summed E-state index contributed by atoms with van der Waals surface area (Å²) in [4.78, 5) is 0. The number of hydrogen-bond donors (Lipinski definition) is 0. The summed E-state index contributed by atoms with van der Waals surface area (Å²) in [5.41, 5.74) is 2.27. The second-order valence-corrected chi connectivity index (χ2v) is 3.89. The molecular weight excluding hydrogens is 241 g/mol. The molecule has 0 N–H and O–H groups in total. The molecule has 0 heterocycles. The Kier molecular flexibility index (Phi) is 3.28. The van der Waals surface area contributed by atoms with Crippen molar-refractivity contribution in [2.24, 2.45) is 0 Å². The lowest BCUT2D eigenvalue weighted by molar-refractivity contribution is -0.274. The van der Waals surface area contributed by atoms with Gasteiger partial charge in [-0.25, -0.2) is 0 Å². The number of aryl methyl sites for hydroxylation is 1. The maximum atomic E-state index is 12.1. The molecule has 0 atom stereocenters. The zero-order valence-corrected chi connectivity index (χ0v) is 9.66. The Hall–Kier alpha value is -1.97. The minimum absolute atomic E-state index is 0.165. The Morgan fingerprint density at radius 1 is 0.889 bits per heavy atom. The van der Waals surface area contributed by atoms with E-state index in [2.05, 4.69) is 4.74 Å². The third-order valence-electron chi connectivity index (χ3n) is 2.51. The second-order valence-electron chi connectivity index (χ2n) is 3.89. The van der Waals surface area contributed by atoms with Crippen LogP contribution >= 0.6 is 0 Å². The van der Waals surface area contributed by atoms with E-state index in [1.54, 1.807) is 19.1 Å². The lowest BCUT2D eigenvalue weighted by Crippen LogP contribution is -2.17. The van der Waals surface area contributed by atoms with Gasteiger partial charge in [0, 0.05) is 0 Å². The van der Waals surface area contributed by atoms with Crippen LogP contribution in [0.1, 0.15) is 5.56 Å². The number of ether oxygens (including phenoxy) is 1. The maximum Gasteiger partial charge on any atom is 0.573 e. The van der Waals surface area contributed by atoms with Gasteiger partial charge < -0.3 is 4.74 Å². The van der Waals surface area contributed by atoms with E-state index >= 15 is 0 Å². The van der Waals surface area contributed by atoms with Gasteiger partial charge in [0.2, 0.25) is 0 Å². The molecule has 0 fully saturated rings. The van der Waals surface area contributed by atoms with E-state index in [9.17, 15) is 13.2 Å². The first-order valence-corrected chi connectivity index (χ1v) is 5.37. The summed E-state index contributed by atoms with van der Waals surface area (Å²) < 4.78 is 40.3. The predicted molar refractivity (Wildman–Crippen MR) is 63.3 cm³/mol. The summed E-state index contributed by atoms with van der Waals surface area (Å²) in [7, 11) is 0. The zero-order chi connectivity index (χ0) is 13.2. The average Bonchev–Trinajstić information content (AvgIpc) is 2.31. The van der Waals surface area contributed by atoms with Crippen LogP contribution in [0.15, 0.2) is 48.5 Å². The topological polar surface area (TPSA) is 9.23 Å². The molecule has 0 aliphatic heterocycles. The summed E-state index contributed by atoms with van der Waals surface area (Å²) in [6.45, 7) is 1.59. The van der Waals surface area contributed by atoms with Gasteiger partial charge in [-0.2, -0.15) is 0 Å². The molecule has 0 saturated heterocycles. The fourth-order valence-corrected chi connectivity index (χ4v) is 1.70. The number of hydrogen-bond acceptors (Lipinski definition) is 1. The van der Waals surface area contributed by atoms with Crippen LogP contribution in [0, 0.1) is 6.92 Å². The smallest absolute Gasteiger partial charge is 0.406 e. The largest absolute Gasteiger partial charge is 0.573 e. The van der Waals surface area contributed by atoms with E-state index < -0.39 is 6.36 Å². The first kappa shape index (κ1) is 12.5. The van der Waals surface area contributed by atoms with Crippen molar-refractivity contribution in [2.75, 3.05) is 0 Å². The highest BCUT2D eigenvalue weighted by Crippen LogP contribution is 2.29. The maximum absolute atomic E-state index is 12.1. The molecule has 2 rings (SSSR count). The minimum Gasteiger partial charge on any atom is -0.406 e. The third kappa shape index (κ3) is 3.03. The van der Waals surface area contributed by atoms with Gasteiger partial charge in [0.1, 0.15) is 5.75 Å². The molecule has 0 radical (unpaired) electrons. The lowest BCUT2D eigenvalue weighted by Gasteiger charge is -2.12. The van der Waals surface area contributed by atoms with Crippen LogP contribution in [0.4, 0.5) is 13.2 Å². The molecule has 0 aromatic heterocycles. The van der Waals surface area contributed by atoms with Crippen molar-refractivity contribution in [3.05, 3.63) is 54.1 Å². The molecule has 0 unspecified atom stereocenters. The van der Waals surface area contributed by atoms with Gasteiger partial charge in [0.25, 0.3) is 0 Å². The first-order valence-electron chi connectivity index (χ1n) is 5.37. The van der Waals surface area contributed by atoms with Gasteiger partial charge in [-0.1, -0.05) is 36.4 Å². The van der Waals surface area contributed by atoms with Gasteiger partial charge >= 0.3 is 6.36 Å². The average molecular weight is 252 g/mol. The van der Waals surface area contributed by atoms with Crippen molar-refractivity contribution < 1.29 is 17.9 Å². The highest BCUT2D eigenvalue weighted by molar-refractivity contribution is 5.65. The van der Waals surface area contributed by atoms with Gasteiger partial charge in [-0.15, -0.1) is 13.2 Å². The third-order valence-corrected chi connectivity index (χ3v) is 2.51. The molecule has 0 spiro atoms. The Bertz CT molecular complexity index is 532. The number of rotatable bonds is 2. The van der Waals surface area contributed by atoms with E-state index in [1.165, 1.54) is 6.07 Å². The van der Waals surface area contributed by atoms with Crippen molar-refractivity contribution in [1.82, 2.24) is 0 Å². The molecule has 2 aromatic carbocycles. The molecule has 2 aromatic rings. The van der Waals surface area contributed by atoms with Crippen LogP contribution in [0.2, 0.25) is 0 Å². The Labute approximate surface area is 103 Å². The fourth-order valence-electron chi connectivity index (χ4n) is 1.70. The van der Waals surface area contributed by atoms with Crippen LogP contribution < -0.4 is 4.74 Å². The molecule has 1 nitrogen and oxygen atoms in total. The molecule has 18 heavy (non-hydrogen) atoms. The summed E-state index contributed by atoms with van der Waals surface area (Å²) in [5.74, 6) is -0.165. The molecule has 0 saturated carbocycles. The minimum atomic E-state index is -4.65. The SMILES string of the molecule is Cc1cc(-c2ccccc2)ccc1OC(F)(F)F. The van der Waals surface area contributed by atoms with Crippen LogP contribution in [0.3, 0.4) is 0 Å². The monoisotopic (exact) mass is 252 g/mol. The van der Waals surface area contributed by atoms with Crippen molar-refractivity contribution in [3.63, 3.8) is 0 Å². The molecule has 0 aliphatic rings. The molecular formula is C14H11F3O. The molecule has 94 valence electrons. The molecule has 0 bridgehead atoms. The fraction of sp³-hybridized carbons (Fsp3) is 0.143. The first-order chi connectivity index (χ1) is 8.46. The number of halogens is 3. The van der Waals surface area contributed by atoms with Gasteiger partial charge in [-0.05, 0) is 35.7 Å². The van der Waals surface area contributed by atoms with Crippen molar-refractivity contribution in [3.8, 4) is 16.9 Å². The van der Waals surface area contributed by atoms with E-state index in [1.807, 2.05) is 30.3 Å². The van der Waals surface area contributed by atoms with E-state index in [4.69, 9.17) is 0 Å². The zero-order valence-electron chi connectivity index (χ0n) is 9.66. The van der Waals surface area contributed by atoms with Crippen LogP contribution in [-0.4, -0.2) is 6.36 Å². The Balaban J connectivity index is 2.31. The Morgan fingerprint density at radius 2 is 1.56 bits per heavy atom. The van der Waals surface area contributed by atoms with E-state index in [0.717, 1.165) is 11.1 Å². The highest BCUT2D eigenvalue weighted by Gasteiger charge is 2.31. The highest BCUT2D eigenvalue weighted by atomic mass is 19.4. The van der Waals surface area contributed by atoms with Gasteiger partial charge in [-0.3, -0.25) is 0 Å². The van der Waals surface area contributed by atoms with Crippen molar-refractivity contribution in [2.45, 2.75) is 13.3 Å². The van der Waals surface area contributed by atoms with E-state index in [-0.39, 0.29) is 5.75 Å². The molecule has 0 amide bonds. The number of alkyl halides is 3. The molecule has 0 aliphatic carbocycles. The Morgan fingerprint density at radius 3 is 2.11 bits per heavy atom. The molecule has 4 heteroatoms. The van der Waals surface area contributed by atoms with Crippen LogP contribution in [0.25, 0.3) is 11.1 Å². The quantitative estimate of drug-likeness (QED) is 0.761. The summed E-state index contributed by atoms with van der Waals surface area (Å²) in [6, 6.07) is 14.1. The van der Waals surface area contributed by atoms with Gasteiger partial charge in [0.05, 0.1) is 0 Å². The van der Waals surface area contributed by atoms with Crippen LogP contribution in [-0.2, 0) is 0 Å². The summed E-state index contributed by atoms with van der Waals surface area (Å²) in [6.07, 6.45) is -4.65. The second kappa shape index (κ2) is 4.72. The summed E-state index contributed by atoms with van der Waals surface area (Å²) >= 11 is 0. The standard InChI is InChI=1S/C14H11F3O/c1-10-9-12(11-5-3-2-4-6-11)7-8-13(10)18-14(15,16)17/h2-9H,1H3.